The number of hydrogen-bond acceptors (Lipinski definition) is 7. The first-order valence-electron chi connectivity index (χ1n) is 6.86. The number of nitro benzene ring substituents is 1. The van der Waals surface area contributed by atoms with Crippen molar-refractivity contribution in [3.63, 3.8) is 0 Å². The van der Waals surface area contributed by atoms with E-state index in [1.54, 1.807) is 10.7 Å². The molecule has 2 rings (SSSR count). The van der Waals surface area contributed by atoms with E-state index in [4.69, 9.17) is 9.47 Å². The number of methoxy groups -OCH3 is 1. The van der Waals surface area contributed by atoms with Gasteiger partial charge < -0.3 is 9.47 Å². The van der Waals surface area contributed by atoms with Gasteiger partial charge in [0.1, 0.15) is 12.4 Å². The molecule has 0 aliphatic heterocycles. The molecule has 22 heavy (non-hydrogen) atoms. The normalized spacial score (nSPS) is 10.5. The summed E-state index contributed by atoms with van der Waals surface area (Å²) in [4.78, 5) is 10.6. The molecule has 0 aliphatic carbocycles. The average molecular weight is 307 g/mol. The maximum absolute atomic E-state index is 11.1. The minimum absolute atomic E-state index is 0.0594. The second-order valence-corrected chi connectivity index (χ2v) is 4.55. The first-order chi connectivity index (χ1) is 10.7. The van der Waals surface area contributed by atoms with Crippen molar-refractivity contribution in [2.75, 3.05) is 7.11 Å². The molecule has 0 spiro atoms. The zero-order valence-corrected chi connectivity index (χ0v) is 12.4. The number of tetrazole rings is 1. The molecule has 1 heterocycles. The molecule has 0 unspecified atom stereocenters. The Kier molecular flexibility index (Phi) is 5.23. The van der Waals surface area contributed by atoms with Crippen molar-refractivity contribution in [1.29, 1.82) is 0 Å². The van der Waals surface area contributed by atoms with E-state index in [2.05, 4.69) is 22.4 Å². The number of rotatable bonds is 8. The summed E-state index contributed by atoms with van der Waals surface area (Å²) in [6.45, 7) is 2.82. The summed E-state index contributed by atoms with van der Waals surface area (Å²) in [5.74, 6) is 1.07. The number of benzene rings is 1. The highest BCUT2D eigenvalue weighted by molar-refractivity contribution is 5.50. The molecule has 1 aromatic heterocycles. The van der Waals surface area contributed by atoms with Crippen LogP contribution in [-0.4, -0.2) is 32.2 Å². The van der Waals surface area contributed by atoms with E-state index < -0.39 is 4.92 Å². The third-order valence-corrected chi connectivity index (χ3v) is 3.05. The largest absolute Gasteiger partial charge is 0.496 e. The van der Waals surface area contributed by atoms with Gasteiger partial charge in [0.25, 0.3) is 0 Å². The van der Waals surface area contributed by atoms with Gasteiger partial charge in [-0.3, -0.25) is 10.1 Å². The molecule has 118 valence electrons. The van der Waals surface area contributed by atoms with Crippen LogP contribution >= 0.6 is 0 Å². The first kappa shape index (κ1) is 15.7. The minimum Gasteiger partial charge on any atom is -0.496 e. The molecule has 0 aliphatic rings. The highest BCUT2D eigenvalue weighted by Crippen LogP contribution is 2.31. The van der Waals surface area contributed by atoms with Crippen LogP contribution in [0.4, 0.5) is 5.69 Å². The molecule has 0 atom stereocenters. The Morgan fingerprint density at radius 1 is 1.41 bits per heavy atom. The van der Waals surface area contributed by atoms with Gasteiger partial charge >= 0.3 is 5.69 Å². The third-order valence-electron chi connectivity index (χ3n) is 3.05. The second kappa shape index (κ2) is 7.34. The van der Waals surface area contributed by atoms with Gasteiger partial charge in [-0.2, -0.15) is 0 Å². The number of nitrogens with zero attached hydrogens (tertiary/aromatic N) is 5. The van der Waals surface area contributed by atoms with Gasteiger partial charge in [0.05, 0.1) is 18.1 Å². The molecule has 9 heteroatoms. The number of aryl methyl sites for hydroxylation is 1. The number of nitro groups is 1. The van der Waals surface area contributed by atoms with Gasteiger partial charge in [0.2, 0.25) is 0 Å². The molecule has 0 bridgehead atoms. The lowest BCUT2D eigenvalue weighted by atomic mass is 10.3. The molecule has 0 N–H and O–H groups in total. The fraction of sp³-hybridized carbons (Fsp3) is 0.462. The number of aromatic nitrogens is 4. The van der Waals surface area contributed by atoms with Crippen molar-refractivity contribution in [3.05, 3.63) is 34.1 Å². The van der Waals surface area contributed by atoms with E-state index in [-0.39, 0.29) is 18.0 Å². The van der Waals surface area contributed by atoms with Crippen molar-refractivity contribution in [1.82, 2.24) is 20.2 Å². The van der Waals surface area contributed by atoms with Crippen LogP contribution in [0.1, 0.15) is 25.6 Å². The summed E-state index contributed by atoms with van der Waals surface area (Å²) in [6, 6.07) is 4.41. The van der Waals surface area contributed by atoms with Gasteiger partial charge in [-0.25, -0.2) is 4.68 Å². The molecule has 0 saturated carbocycles. The fourth-order valence-electron chi connectivity index (χ4n) is 1.84. The van der Waals surface area contributed by atoms with E-state index >= 15 is 0 Å². The molecule has 0 saturated heterocycles. The van der Waals surface area contributed by atoms with Crippen molar-refractivity contribution in [2.45, 2.75) is 32.9 Å². The number of hydrogen-bond donors (Lipinski definition) is 0. The van der Waals surface area contributed by atoms with Crippen LogP contribution < -0.4 is 9.47 Å². The molecular formula is C13H17N5O4. The van der Waals surface area contributed by atoms with Crippen LogP contribution in [0.25, 0.3) is 0 Å². The molecule has 1 aromatic carbocycles. The monoisotopic (exact) mass is 307 g/mol. The predicted molar refractivity (Wildman–Crippen MR) is 76.7 cm³/mol. The predicted octanol–water partition coefficient (Wildman–Crippen LogP) is 1.97. The summed E-state index contributed by atoms with van der Waals surface area (Å²) in [6.07, 6.45) is 1.96. The SMILES string of the molecule is CCCCn1nnnc1COc1ccc(OC)cc1[N+](=O)[O-]. The Bertz CT molecular complexity index is 643. The number of unbranched alkanes of at least 4 members (excludes halogenated alkanes) is 1. The van der Waals surface area contributed by atoms with Crippen LogP contribution in [0.15, 0.2) is 18.2 Å². The Labute approximate surface area is 127 Å². The first-order valence-corrected chi connectivity index (χ1v) is 6.86. The van der Waals surface area contributed by atoms with E-state index in [9.17, 15) is 10.1 Å². The van der Waals surface area contributed by atoms with Crippen LogP contribution in [0.5, 0.6) is 11.5 Å². The second-order valence-electron chi connectivity index (χ2n) is 4.55. The maximum Gasteiger partial charge on any atom is 0.314 e. The lowest BCUT2D eigenvalue weighted by Crippen LogP contribution is -2.09. The summed E-state index contributed by atoms with van der Waals surface area (Å²) in [7, 11) is 1.45. The van der Waals surface area contributed by atoms with Gasteiger partial charge in [0, 0.05) is 6.54 Å². The lowest BCUT2D eigenvalue weighted by molar-refractivity contribution is -0.386. The number of ether oxygens (including phenoxy) is 2. The summed E-state index contributed by atoms with van der Waals surface area (Å²) in [5.41, 5.74) is -0.160. The van der Waals surface area contributed by atoms with Gasteiger partial charge in [-0.05, 0) is 29.0 Å². The average Bonchev–Trinajstić information content (AvgIpc) is 2.98. The zero-order chi connectivity index (χ0) is 15.9. The van der Waals surface area contributed by atoms with Gasteiger partial charge in [0.15, 0.2) is 11.6 Å². The van der Waals surface area contributed by atoms with Crippen LogP contribution in [0.2, 0.25) is 0 Å². The standard InChI is InChI=1S/C13H17N5O4/c1-3-4-7-17-13(14-15-16-17)9-22-12-6-5-10(21-2)8-11(12)18(19)20/h5-6,8H,3-4,7,9H2,1-2H3. The Hall–Kier alpha value is -2.71. The summed E-state index contributed by atoms with van der Waals surface area (Å²) in [5, 5.41) is 22.4. The lowest BCUT2D eigenvalue weighted by Gasteiger charge is -2.08. The van der Waals surface area contributed by atoms with Crippen molar-refractivity contribution >= 4 is 5.69 Å². The van der Waals surface area contributed by atoms with Gasteiger partial charge in [-0.15, -0.1) is 5.10 Å². The van der Waals surface area contributed by atoms with Crippen molar-refractivity contribution in [3.8, 4) is 11.5 Å². The molecule has 0 radical (unpaired) electrons. The van der Waals surface area contributed by atoms with Crippen LogP contribution in [0.3, 0.4) is 0 Å². The maximum atomic E-state index is 11.1. The smallest absolute Gasteiger partial charge is 0.314 e. The van der Waals surface area contributed by atoms with Gasteiger partial charge in [-0.1, -0.05) is 13.3 Å². The zero-order valence-electron chi connectivity index (χ0n) is 12.4. The highest BCUT2D eigenvalue weighted by Gasteiger charge is 2.17. The molecule has 0 amide bonds. The van der Waals surface area contributed by atoms with Crippen molar-refractivity contribution < 1.29 is 14.4 Å². The third kappa shape index (κ3) is 3.68. The quantitative estimate of drug-likeness (QED) is 0.542. The minimum atomic E-state index is -0.516. The van der Waals surface area contributed by atoms with Crippen molar-refractivity contribution in [2.24, 2.45) is 0 Å². The van der Waals surface area contributed by atoms with Crippen LogP contribution in [0, 0.1) is 10.1 Å². The fourth-order valence-corrected chi connectivity index (χ4v) is 1.84. The Balaban J connectivity index is 2.11. The Morgan fingerprint density at radius 3 is 2.91 bits per heavy atom. The molecule has 0 fully saturated rings. The topological polar surface area (TPSA) is 105 Å². The van der Waals surface area contributed by atoms with E-state index in [1.165, 1.54) is 19.2 Å². The Morgan fingerprint density at radius 2 is 2.23 bits per heavy atom. The van der Waals surface area contributed by atoms with E-state index in [0.29, 0.717) is 18.1 Å². The summed E-state index contributed by atoms with van der Waals surface area (Å²) >= 11 is 0. The van der Waals surface area contributed by atoms with E-state index in [1.807, 2.05) is 0 Å². The molecule has 2 aromatic rings. The van der Waals surface area contributed by atoms with Crippen LogP contribution in [-0.2, 0) is 13.2 Å². The molecular weight excluding hydrogens is 290 g/mol. The van der Waals surface area contributed by atoms with E-state index in [0.717, 1.165) is 12.8 Å². The highest BCUT2D eigenvalue weighted by atomic mass is 16.6. The summed E-state index contributed by atoms with van der Waals surface area (Å²) < 4.78 is 12.1. The molecule has 9 nitrogen and oxygen atoms in total.